The lowest BCUT2D eigenvalue weighted by atomic mass is 9.79. The molecule has 26 heteroatoms. The van der Waals surface area contributed by atoms with E-state index in [0.29, 0.717) is 49.9 Å². The van der Waals surface area contributed by atoms with Crippen LogP contribution in [-0.4, -0.2) is 157 Å². The molecule has 17 rings (SSSR count). The Morgan fingerprint density at radius 3 is 1.55 bits per heavy atom. The van der Waals surface area contributed by atoms with E-state index in [1.807, 2.05) is 77.8 Å². The van der Waals surface area contributed by atoms with Crippen molar-refractivity contribution >= 4 is 188 Å². The maximum Gasteiger partial charge on any atom is 0.307 e. The molecule has 2 amide bonds. The van der Waals surface area contributed by atoms with Gasteiger partial charge in [0.15, 0.2) is 23.0 Å². The number of para-hydroxylation sites is 3. The minimum absolute atomic E-state index is 0. The number of carboxylic acids is 1. The van der Waals surface area contributed by atoms with Crippen molar-refractivity contribution in [2.24, 2.45) is 0 Å². The predicted molar refractivity (Wildman–Crippen MR) is 594 cm³/mol. The fraction of sp³-hybridized carbons (Fsp3) is 0.368. The van der Waals surface area contributed by atoms with Gasteiger partial charge in [0.1, 0.15) is 22.2 Å². The molecular weight excluding hydrogens is 2190 g/mol. The van der Waals surface area contributed by atoms with E-state index in [2.05, 4.69) is 305 Å². The monoisotopic (exact) mass is 2320 g/mol. The number of allylic oxidation sites excluding steroid dienone is 10. The minimum atomic E-state index is -0.873. The molecule has 8 aliphatic rings. The maximum absolute atomic E-state index is 13.8. The van der Waals surface area contributed by atoms with Gasteiger partial charge in [0.2, 0.25) is 11.4 Å². The number of carbonyl (C=O) groups excluding carboxylic acids is 5. The highest BCUT2D eigenvalue weighted by molar-refractivity contribution is 8.27. The molecule has 1 atom stereocenters. The first-order valence-electron chi connectivity index (χ1n) is 48.4. The molecule has 2 N–H and O–H groups in total. The number of anilines is 5. The highest BCUT2D eigenvalue weighted by atomic mass is 127. The summed E-state index contributed by atoms with van der Waals surface area (Å²) in [6.45, 7) is 38.1. The first-order valence-corrected chi connectivity index (χ1v) is 51.9. The minimum Gasteiger partial charge on any atom is -1.00 e. The summed E-state index contributed by atoms with van der Waals surface area (Å²) in [5.74, 6) is -0.703. The van der Waals surface area contributed by atoms with E-state index >= 15 is 0 Å². The van der Waals surface area contributed by atoms with Gasteiger partial charge < -0.3 is 99.7 Å². The standard InChI is InChI=1S/C53H58N4O4S2.C38H46N3O4S2.C23H22N2.C2H4Cl2.CH4.BrH.2HI/c1-9-10-29-55-41-24-22-34(32-39(41)52(4,5)45(55)21-15-20-44-53(6,7)48-37-17-12-11-16-35(37)23-25-42(48)54(44)8)31-36(58)33-57-49(61)43(63-50(57)62)26-27-46-51(2,3)38-18-13-14-19-40(38)56(46)30-28-47(59)60;1-8-10-20-39-25(3)37(4,5)29-23-26(15-16-31(29)39)22-27(42)24-41-35(44)32(47-36(41)46)17-18-33-38(6,7)28-13-11-12-14-30(28)40(33)21-19-34(43)45-9-2;1-23(2)21(15-16-24-18-10-5-4-6-11-18)25(3)20-14-13-17-9-7-8-12-19(17)22(20)23;3-1-2-4;;;;/h11-27,32,45H,9-10,28-31,33H2,1-8H3,(H,59,60);11-18,23H,8-10,19-22,24H2,1-7H3;4-16H,1-3H3;1-2H2;1H4;3*1H/q;+1;;;;;;/p-2/b21-15+,43-26+,44-20+,46-27-;32-17+,33-18-;;;;;;. The summed E-state index contributed by atoms with van der Waals surface area (Å²) in [5.41, 5.74) is 21.9. The number of rotatable bonds is 29. The Labute approximate surface area is 920 Å². The second-order valence-electron chi connectivity index (χ2n) is 39.8. The number of esters is 1. The number of ether oxygens (including phenoxy) is 1. The number of nitrogens with zero attached hydrogens (tertiary/aromatic N) is 8. The third-order valence-corrected chi connectivity index (χ3v) is 32.0. The summed E-state index contributed by atoms with van der Waals surface area (Å²) >= 11 is 23.8. The lowest BCUT2D eigenvalue weighted by molar-refractivity contribution is -0.439. The van der Waals surface area contributed by atoms with E-state index in [9.17, 15) is 33.9 Å². The molecule has 2 fully saturated rings. The van der Waals surface area contributed by atoms with E-state index in [-0.39, 0.29) is 174 Å². The molecule has 0 spiro atoms. The van der Waals surface area contributed by atoms with Gasteiger partial charge in [0.25, 0.3) is 11.8 Å². The third kappa shape index (κ3) is 24.1. The molecule has 0 saturated carbocycles. The molecule has 8 heterocycles. The van der Waals surface area contributed by atoms with Crippen molar-refractivity contribution in [3.05, 3.63) is 314 Å². The number of halogens is 5. The summed E-state index contributed by atoms with van der Waals surface area (Å²) in [5, 5.41) is 18.0. The molecule has 8 aliphatic heterocycles. The number of ketones is 2. The number of aliphatic carboxylic acids is 1. The van der Waals surface area contributed by atoms with Crippen LogP contribution < -0.4 is 89.9 Å². The Kier molecular flexibility index (Phi) is 39.6. The second-order valence-corrected chi connectivity index (χ2v) is 43.9. The van der Waals surface area contributed by atoms with Crippen LogP contribution in [0.3, 0.4) is 0 Å². The van der Waals surface area contributed by atoms with Crippen LogP contribution in [0, 0.1) is 0 Å². The van der Waals surface area contributed by atoms with Gasteiger partial charge in [0, 0.05) is 167 Å². The zero-order chi connectivity index (χ0) is 100.0. The lowest BCUT2D eigenvalue weighted by Crippen LogP contribution is -3.00. The maximum atomic E-state index is 13.8. The van der Waals surface area contributed by atoms with Crippen LogP contribution in [0.4, 0.5) is 39.8 Å². The smallest absolute Gasteiger partial charge is 0.307 e. The molecule has 0 aliphatic carbocycles. The predicted octanol–water partition coefficient (Wildman–Crippen LogP) is 16.9. The summed E-state index contributed by atoms with van der Waals surface area (Å²) in [7, 11) is 4.33. The van der Waals surface area contributed by atoms with Gasteiger partial charge in [-0.3, -0.25) is 38.6 Å². The fourth-order valence-electron chi connectivity index (χ4n) is 21.2. The number of fused-ring (bicyclic) bond motifs is 10. The molecule has 17 nitrogen and oxygen atoms in total. The van der Waals surface area contributed by atoms with E-state index < -0.39 is 11.4 Å². The largest absolute Gasteiger partial charge is 1.00 e. The Morgan fingerprint density at radius 2 is 1.01 bits per heavy atom. The second kappa shape index (κ2) is 49.0. The van der Waals surface area contributed by atoms with Crippen LogP contribution >= 0.6 is 71.2 Å². The number of carboxylic acid groups (broad SMARTS) is 1. The summed E-state index contributed by atoms with van der Waals surface area (Å²) in [6, 6.07) is 65.5. The molecule has 0 aromatic heterocycles. The first-order chi connectivity index (χ1) is 66.3. The van der Waals surface area contributed by atoms with Gasteiger partial charge in [0.05, 0.1) is 59.2 Å². The number of hydrogen-bond acceptors (Lipinski definition) is 16. The number of nitrogens with one attached hydrogen (secondary N) is 1. The van der Waals surface area contributed by atoms with Gasteiger partial charge in [-0.1, -0.05) is 277 Å². The van der Waals surface area contributed by atoms with E-state index in [4.69, 9.17) is 52.4 Å². The number of hydrogen-bond donors (Lipinski definition) is 2. The van der Waals surface area contributed by atoms with Gasteiger partial charge in [-0.15, -0.1) is 23.2 Å². The number of alkyl halides is 2. The molecule has 2 saturated heterocycles. The van der Waals surface area contributed by atoms with Crippen molar-refractivity contribution in [2.75, 3.05) is 96.6 Å². The van der Waals surface area contributed by atoms with Crippen LogP contribution in [0.25, 0.3) is 21.5 Å². The van der Waals surface area contributed by atoms with Gasteiger partial charge in [-0.25, -0.2) is 0 Å². The highest BCUT2D eigenvalue weighted by Gasteiger charge is 2.49. The number of unbranched alkanes of at least 4 members (excludes halogenated alkanes) is 2. The zero-order valence-electron chi connectivity index (χ0n) is 84.6. The fourth-order valence-corrected chi connectivity index (χ4v) is 23.6. The number of benzene rings is 9. The Bertz CT molecular complexity index is 6650. The molecule has 756 valence electrons. The molecule has 0 bridgehead atoms. The number of likely N-dealkylation sites (N-methyl/N-ethyl adjacent to an activating group) is 1. The molecule has 1 unspecified atom stereocenters. The Hall–Kier alpha value is -9.36. The third-order valence-electron chi connectivity index (χ3n) is 28.6. The van der Waals surface area contributed by atoms with Crippen molar-refractivity contribution in [1.29, 1.82) is 0 Å². The number of thioether (sulfide) groups is 2. The number of thiocarbonyl (C=S) groups is 2. The van der Waals surface area contributed by atoms with E-state index in [0.717, 1.165) is 89.5 Å². The molecule has 143 heavy (non-hydrogen) atoms. The topological polar surface area (TPSA) is 169 Å². The van der Waals surface area contributed by atoms with Crippen molar-refractivity contribution in [3.8, 4) is 0 Å². The van der Waals surface area contributed by atoms with Gasteiger partial charge in [-0.2, -0.15) is 9.15 Å². The Balaban J connectivity index is 0.000000230. The molecule has 0 radical (unpaired) electrons. The van der Waals surface area contributed by atoms with Crippen molar-refractivity contribution in [2.45, 2.75) is 208 Å². The lowest BCUT2D eigenvalue weighted by Gasteiger charge is -2.32. The van der Waals surface area contributed by atoms with Crippen LogP contribution in [0.2, 0.25) is 0 Å². The van der Waals surface area contributed by atoms with Crippen LogP contribution in [-0.2, 0) is 78.8 Å². The van der Waals surface area contributed by atoms with Crippen molar-refractivity contribution < 1.29 is 113 Å². The van der Waals surface area contributed by atoms with Crippen molar-refractivity contribution in [1.82, 2.24) is 9.80 Å². The molecular formula is C117H135BrCl2I2N9O8S4-. The Morgan fingerprint density at radius 1 is 0.524 bits per heavy atom. The summed E-state index contributed by atoms with van der Waals surface area (Å²) in [4.78, 5) is 91.0. The SMILES string of the molecule is C.CCCCN1c2ccc(CC(=O)CN3C(=O)/C(=C\C=C4/N(CCC(=O)O)c5ccccc5C4(C)C)SC3=S)cc2C(C)(C)C1/C=C/C=C1/N(C)c2ccc3ccccc3c2C1(C)C.CCCC[N+]1=C(C)C(C)(C)c2cc(CC(=O)CN3C(=O)/C(=C\C=C4/N(CCC(=O)OCC)c5ccccc5C4(C)C)SC3=S)ccc21.C[N+]1=C(/C=C/Nc2ccccc2)C(C)(C)c2c1ccc1ccccc21.ClCCCl.[Br-].[I-].[I-]. The van der Waals surface area contributed by atoms with Gasteiger partial charge in [-0.05, 0) is 175 Å². The van der Waals surface area contributed by atoms with Crippen LogP contribution in [0.1, 0.15) is 201 Å². The summed E-state index contributed by atoms with van der Waals surface area (Å²) in [6.07, 6.45) is 23.6. The molecule has 9 aromatic rings. The summed E-state index contributed by atoms with van der Waals surface area (Å²) < 4.78 is 10.6. The van der Waals surface area contributed by atoms with Crippen molar-refractivity contribution in [3.63, 3.8) is 0 Å². The van der Waals surface area contributed by atoms with Gasteiger partial charge >= 0.3 is 11.9 Å². The number of carbonyl (C=O) groups is 6. The van der Waals surface area contributed by atoms with Crippen LogP contribution in [0.5, 0.6) is 0 Å². The first kappa shape index (κ1) is 116. The quantitative estimate of drug-likeness (QED) is 0.0113. The average molecular weight is 2330 g/mol. The molecule has 9 aromatic carbocycles. The zero-order valence-corrected chi connectivity index (χ0v) is 95.3. The highest BCUT2D eigenvalue weighted by Crippen LogP contribution is 2.54. The normalized spacial score (nSPS) is 18.9. The van der Waals surface area contributed by atoms with E-state index in [1.54, 1.807) is 19.1 Å². The average Bonchev–Trinajstić information content (AvgIpc) is 1.53. The number of amides is 2. The van der Waals surface area contributed by atoms with Crippen LogP contribution in [0.15, 0.2) is 270 Å². The number of Topliss-reactive ketones (excluding diaryl/α,β-unsaturated/α-hetero) is 2. The van der Waals surface area contributed by atoms with E-state index in [1.165, 1.54) is 117 Å².